The molecule has 0 spiro atoms. The highest BCUT2D eigenvalue weighted by Crippen LogP contribution is 2.40. The van der Waals surface area contributed by atoms with Gasteiger partial charge in [-0.3, -0.25) is 0 Å². The van der Waals surface area contributed by atoms with Gasteiger partial charge < -0.3 is 0 Å². The van der Waals surface area contributed by atoms with Crippen molar-refractivity contribution in [3.8, 4) is 0 Å². The minimum atomic E-state index is -6.23. The molecule has 0 fully saturated rings. The summed E-state index contributed by atoms with van der Waals surface area (Å²) in [5.74, 6) is 0. The molecule has 0 aromatic rings. The topological polar surface area (TPSA) is 12.5 Å². The highest BCUT2D eigenvalue weighted by Gasteiger charge is 2.63. The van der Waals surface area contributed by atoms with E-state index in [0.717, 1.165) is 0 Å². The minimum Gasteiger partial charge on any atom is -0.203 e. The van der Waals surface area contributed by atoms with E-state index in [2.05, 4.69) is 4.84 Å². The van der Waals surface area contributed by atoms with Crippen molar-refractivity contribution >= 4 is 16.1 Å². The number of halogens is 9. The van der Waals surface area contributed by atoms with Gasteiger partial charge >= 0.3 is 18.6 Å². The molecule has 0 radical (unpaired) electrons. The summed E-state index contributed by atoms with van der Waals surface area (Å²) < 4.78 is 90.0. The van der Waals surface area contributed by atoms with Crippen molar-refractivity contribution in [2.45, 2.75) is 18.6 Å². The lowest BCUT2D eigenvalue weighted by Crippen LogP contribution is -2.45. The Kier molecular flexibility index (Phi) is 3.73. The van der Waals surface area contributed by atoms with E-state index in [0.29, 0.717) is 0 Å². The molecule has 0 amide bonds. The summed E-state index contributed by atoms with van der Waals surface area (Å²) in [4.78, 5) is 2.33. The van der Waals surface area contributed by atoms with E-state index in [4.69, 9.17) is 0 Å². The van der Waals surface area contributed by atoms with E-state index >= 15 is 0 Å². The zero-order chi connectivity index (χ0) is 11.8. The Balaban J connectivity index is 4.53. The predicted molar refractivity (Wildman–Crippen MR) is 28.9 cm³/mol. The number of hydrogen-bond acceptors (Lipinski definition) is 2. The van der Waals surface area contributed by atoms with Crippen molar-refractivity contribution in [2.24, 2.45) is 0 Å². The normalized spacial score (nSPS) is 15.0. The van der Waals surface area contributed by atoms with E-state index < -0.39 is 22.7 Å². The summed E-state index contributed by atoms with van der Waals surface area (Å²) in [6.45, 7) is 0. The van der Waals surface area contributed by atoms with Gasteiger partial charge in [-0.2, -0.15) is 35.1 Å². The third kappa shape index (κ3) is 3.53. The van der Waals surface area contributed by atoms with Gasteiger partial charge in [0.1, 0.15) is 0 Å². The molecule has 0 aromatic heterocycles. The second-order valence-electron chi connectivity index (χ2n) is 1.82. The van der Waals surface area contributed by atoms with Gasteiger partial charge in [0.2, 0.25) is 0 Å². The van der Waals surface area contributed by atoms with Gasteiger partial charge in [0.15, 0.2) is 0 Å². The zero-order valence-corrected chi connectivity index (χ0v) is 7.34. The SMILES string of the molecule is FC(F)(F)N(Br)OC(F)(F)C(F)(F)F. The summed E-state index contributed by atoms with van der Waals surface area (Å²) >= 11 is 1.33. The summed E-state index contributed by atoms with van der Waals surface area (Å²) in [6.07, 6.45) is -17.7. The quantitative estimate of drug-likeness (QED) is 0.336. The minimum absolute atomic E-state index is 1.33. The molecule has 0 rings (SSSR count). The van der Waals surface area contributed by atoms with Crippen molar-refractivity contribution in [2.75, 3.05) is 0 Å². The monoisotopic (exact) mass is 297 g/mol. The fraction of sp³-hybridized carbons (Fsp3) is 1.00. The van der Waals surface area contributed by atoms with Gasteiger partial charge in [-0.25, -0.2) is 4.84 Å². The van der Waals surface area contributed by atoms with Crippen LogP contribution in [0, 0.1) is 0 Å². The molecule has 0 aliphatic heterocycles. The van der Waals surface area contributed by atoms with Gasteiger partial charge in [0, 0.05) is 0 Å². The van der Waals surface area contributed by atoms with Crippen molar-refractivity contribution in [1.29, 1.82) is 0 Å². The molecule has 0 N–H and O–H groups in total. The lowest BCUT2D eigenvalue weighted by molar-refractivity contribution is -0.469. The van der Waals surface area contributed by atoms with Crippen LogP contribution in [0.15, 0.2) is 0 Å². The maximum Gasteiger partial charge on any atom is 0.493 e. The molecule has 0 aromatic carbocycles. The van der Waals surface area contributed by atoms with Crippen LogP contribution < -0.4 is 0 Å². The number of alkyl halides is 8. The molecule has 0 saturated heterocycles. The van der Waals surface area contributed by atoms with Crippen molar-refractivity contribution in [1.82, 2.24) is 4.09 Å². The van der Waals surface area contributed by atoms with Crippen LogP contribution in [0.1, 0.15) is 0 Å². The van der Waals surface area contributed by atoms with Crippen LogP contribution in [0.2, 0.25) is 0 Å². The first-order valence-electron chi connectivity index (χ1n) is 2.54. The van der Waals surface area contributed by atoms with E-state index in [9.17, 15) is 35.1 Å². The highest BCUT2D eigenvalue weighted by atomic mass is 79.9. The zero-order valence-electron chi connectivity index (χ0n) is 5.76. The largest absolute Gasteiger partial charge is 0.493 e. The Labute approximate surface area is 79.7 Å². The Bertz CT molecular complexity index is 198. The van der Waals surface area contributed by atoms with Crippen LogP contribution in [0.4, 0.5) is 35.1 Å². The van der Waals surface area contributed by atoms with Gasteiger partial charge in [-0.1, -0.05) is 0 Å². The van der Waals surface area contributed by atoms with Crippen LogP contribution in [0.3, 0.4) is 0 Å². The van der Waals surface area contributed by atoms with Crippen LogP contribution >= 0.6 is 16.1 Å². The molecular weight excluding hydrogens is 298 g/mol. The van der Waals surface area contributed by atoms with Gasteiger partial charge in [0.05, 0.1) is 16.1 Å². The van der Waals surface area contributed by atoms with Crippen molar-refractivity contribution in [3.63, 3.8) is 0 Å². The lowest BCUT2D eigenvalue weighted by Gasteiger charge is -2.24. The Morgan fingerprint density at radius 1 is 0.857 bits per heavy atom. The van der Waals surface area contributed by atoms with E-state index in [-0.39, 0.29) is 0 Å². The predicted octanol–water partition coefficient (Wildman–Crippen LogP) is 3.20. The van der Waals surface area contributed by atoms with Crippen molar-refractivity contribution in [3.05, 3.63) is 0 Å². The van der Waals surface area contributed by atoms with E-state index in [1.807, 2.05) is 0 Å². The number of hydroxylamine groups is 1. The number of rotatable bonds is 2. The molecule has 0 atom stereocenters. The van der Waals surface area contributed by atoms with E-state index in [1.54, 1.807) is 0 Å². The molecule has 14 heavy (non-hydrogen) atoms. The molecule has 0 bridgehead atoms. The summed E-state index contributed by atoms with van der Waals surface area (Å²) in [7, 11) is 0. The molecule has 0 aliphatic carbocycles. The molecule has 0 saturated carbocycles. The van der Waals surface area contributed by atoms with E-state index in [1.165, 1.54) is 16.1 Å². The van der Waals surface area contributed by atoms with Crippen molar-refractivity contribution < 1.29 is 40.0 Å². The van der Waals surface area contributed by atoms with Crippen LogP contribution in [0.25, 0.3) is 0 Å². The second-order valence-corrected chi connectivity index (χ2v) is 2.46. The smallest absolute Gasteiger partial charge is 0.203 e. The fourth-order valence-corrected chi connectivity index (χ4v) is 0.386. The number of nitrogens with zero attached hydrogens (tertiary/aromatic N) is 1. The summed E-state index contributed by atoms with van der Waals surface area (Å²) in [5.41, 5.74) is 0. The lowest BCUT2D eigenvalue weighted by atomic mass is 10.6. The van der Waals surface area contributed by atoms with Gasteiger partial charge in [-0.05, 0) is 4.09 Å². The maximum atomic E-state index is 11.8. The average molecular weight is 298 g/mol. The molecular formula is C3BrF8NO. The first kappa shape index (κ1) is 13.8. The third-order valence-corrected chi connectivity index (χ3v) is 1.27. The first-order valence-corrected chi connectivity index (χ1v) is 3.25. The Morgan fingerprint density at radius 2 is 1.21 bits per heavy atom. The van der Waals surface area contributed by atoms with Crippen LogP contribution in [0.5, 0.6) is 0 Å². The molecule has 0 aliphatic rings. The molecule has 0 heterocycles. The number of hydrogen-bond donors (Lipinski definition) is 0. The molecule has 11 heteroatoms. The first-order chi connectivity index (χ1) is 5.88. The second kappa shape index (κ2) is 3.77. The summed E-state index contributed by atoms with van der Waals surface area (Å²) in [6, 6.07) is 0. The average Bonchev–Trinajstić information content (AvgIpc) is 1.80. The van der Waals surface area contributed by atoms with Gasteiger partial charge in [-0.15, -0.1) is 0 Å². The molecule has 2 nitrogen and oxygen atoms in total. The van der Waals surface area contributed by atoms with Gasteiger partial charge in [0.25, 0.3) is 0 Å². The van der Waals surface area contributed by atoms with Crippen LogP contribution in [-0.4, -0.2) is 22.7 Å². The summed E-state index contributed by atoms with van der Waals surface area (Å²) in [5, 5.41) is 0. The fourth-order valence-electron chi connectivity index (χ4n) is 0.204. The standard InChI is InChI=1S/C3BrF8NO/c4-13(3(10,11)12)14-2(8,9)1(5,6)7. The third-order valence-electron chi connectivity index (χ3n) is 0.724. The molecule has 0 unspecified atom stereocenters. The maximum absolute atomic E-state index is 11.8. The Morgan fingerprint density at radius 3 is 1.43 bits per heavy atom. The Hall–Kier alpha value is -0.160. The highest BCUT2D eigenvalue weighted by molar-refractivity contribution is 9.07. The van der Waals surface area contributed by atoms with Crippen LogP contribution in [-0.2, 0) is 4.84 Å². The molecule has 86 valence electrons.